The minimum atomic E-state index is -3.32. The number of anilines is 3. The molecule has 0 aliphatic carbocycles. The van der Waals surface area contributed by atoms with Crippen molar-refractivity contribution in [1.82, 2.24) is 5.32 Å². The molecule has 2 heterocycles. The summed E-state index contributed by atoms with van der Waals surface area (Å²) in [6.07, 6.45) is 2.08. The van der Waals surface area contributed by atoms with E-state index in [4.69, 9.17) is 11.6 Å². The molecule has 0 spiro atoms. The molecule has 2 aromatic rings. The monoisotopic (exact) mass is 544 g/mol. The number of benzene rings is 2. The Labute approximate surface area is 211 Å². The molecule has 2 N–H and O–H groups in total. The molecule has 13 heteroatoms. The van der Waals surface area contributed by atoms with Gasteiger partial charge in [-0.3, -0.25) is 4.79 Å². The van der Waals surface area contributed by atoms with Crippen LogP contribution in [0, 0.1) is 17.5 Å². The highest BCUT2D eigenvalue weighted by Gasteiger charge is 2.35. The summed E-state index contributed by atoms with van der Waals surface area (Å²) in [6.45, 7) is 0.415. The van der Waals surface area contributed by atoms with Crippen molar-refractivity contribution in [2.75, 3.05) is 41.0 Å². The molecule has 8 nitrogen and oxygen atoms in total. The van der Waals surface area contributed by atoms with Gasteiger partial charge in [-0.2, -0.15) is 0 Å². The highest BCUT2D eigenvalue weighted by molar-refractivity contribution is 7.91. The van der Waals surface area contributed by atoms with Crippen LogP contribution >= 0.6 is 11.6 Å². The van der Waals surface area contributed by atoms with Crippen LogP contribution in [0.1, 0.15) is 19.3 Å². The third-order valence-corrected chi connectivity index (χ3v) is 8.18. The Bertz CT molecular complexity index is 1310. The van der Waals surface area contributed by atoms with Crippen LogP contribution in [0.25, 0.3) is 0 Å². The first-order chi connectivity index (χ1) is 17.0. The largest absolute Gasteiger partial charge is 0.368 e. The minimum Gasteiger partial charge on any atom is -0.368 e. The lowest BCUT2D eigenvalue weighted by molar-refractivity contribution is -0.121. The van der Waals surface area contributed by atoms with Gasteiger partial charge in [-0.1, -0.05) is 11.6 Å². The molecule has 2 aromatic carbocycles. The number of carbonyl (C=O) groups is 2. The second-order valence-corrected chi connectivity index (χ2v) is 11.6. The fraction of sp³-hybridized carbons (Fsp3) is 0.391. The van der Waals surface area contributed by atoms with Gasteiger partial charge >= 0.3 is 6.03 Å². The Morgan fingerprint density at radius 2 is 1.75 bits per heavy atom. The zero-order valence-electron chi connectivity index (χ0n) is 19.2. The zero-order valence-corrected chi connectivity index (χ0v) is 20.8. The third kappa shape index (κ3) is 5.39. The van der Waals surface area contributed by atoms with Crippen LogP contribution in [0.15, 0.2) is 30.3 Å². The van der Waals surface area contributed by atoms with Gasteiger partial charge < -0.3 is 20.4 Å². The van der Waals surface area contributed by atoms with Gasteiger partial charge in [0.1, 0.15) is 11.9 Å². The third-order valence-electron chi connectivity index (χ3n) is 6.35. The molecule has 3 amide bonds. The number of piperidine rings is 1. The number of carbonyl (C=O) groups excluding carboxylic acids is 2. The predicted molar refractivity (Wildman–Crippen MR) is 131 cm³/mol. The van der Waals surface area contributed by atoms with Crippen LogP contribution in [-0.2, 0) is 14.6 Å². The summed E-state index contributed by atoms with van der Waals surface area (Å²) in [6, 6.07) is 4.39. The summed E-state index contributed by atoms with van der Waals surface area (Å²) < 4.78 is 67.6. The summed E-state index contributed by atoms with van der Waals surface area (Å²) in [4.78, 5) is 27.9. The van der Waals surface area contributed by atoms with Gasteiger partial charge in [0.25, 0.3) is 0 Å². The SMILES string of the molecule is CS(=O)(=O)C1CCN(c2ccc(N3CCC[C@@H](NC(=O)Nc4ccc(Cl)cc4F)C3=O)c(F)c2F)C1. The molecule has 4 rings (SSSR count). The molecule has 2 aliphatic heterocycles. The molecule has 0 aromatic heterocycles. The quantitative estimate of drug-likeness (QED) is 0.598. The molecule has 0 saturated carbocycles. The van der Waals surface area contributed by atoms with Crippen LogP contribution in [0.2, 0.25) is 5.02 Å². The van der Waals surface area contributed by atoms with Crippen LogP contribution in [0.4, 0.5) is 35.0 Å². The summed E-state index contributed by atoms with van der Waals surface area (Å²) >= 11 is 5.69. The lowest BCUT2D eigenvalue weighted by atomic mass is 10.0. The van der Waals surface area contributed by atoms with E-state index in [-0.39, 0.29) is 48.1 Å². The Hall–Kier alpha value is -2.99. The summed E-state index contributed by atoms with van der Waals surface area (Å²) in [5, 5.41) is 4.23. The van der Waals surface area contributed by atoms with Crippen molar-refractivity contribution >= 4 is 50.4 Å². The van der Waals surface area contributed by atoms with E-state index in [0.717, 1.165) is 17.2 Å². The molecule has 0 radical (unpaired) electrons. The maximum atomic E-state index is 15.1. The first-order valence-corrected chi connectivity index (χ1v) is 13.5. The van der Waals surface area contributed by atoms with Crippen LogP contribution in [0.5, 0.6) is 0 Å². The number of hydrogen-bond donors (Lipinski definition) is 2. The van der Waals surface area contributed by atoms with Crippen molar-refractivity contribution in [2.24, 2.45) is 0 Å². The average molecular weight is 545 g/mol. The number of nitrogens with zero attached hydrogens (tertiary/aromatic N) is 2. The first kappa shape index (κ1) is 26.1. The number of hydrogen-bond acceptors (Lipinski definition) is 5. The Kier molecular flexibility index (Phi) is 7.37. The number of amides is 3. The number of halogens is 4. The Balaban J connectivity index is 1.47. The van der Waals surface area contributed by atoms with Gasteiger partial charge in [0, 0.05) is 30.9 Å². The van der Waals surface area contributed by atoms with Gasteiger partial charge in [0.2, 0.25) is 5.91 Å². The van der Waals surface area contributed by atoms with Gasteiger partial charge in [-0.05, 0) is 49.6 Å². The van der Waals surface area contributed by atoms with Gasteiger partial charge in [-0.25, -0.2) is 26.4 Å². The zero-order chi connectivity index (χ0) is 26.2. The van der Waals surface area contributed by atoms with E-state index in [9.17, 15) is 22.4 Å². The second-order valence-electron chi connectivity index (χ2n) is 8.83. The topological polar surface area (TPSA) is 98.8 Å². The smallest absolute Gasteiger partial charge is 0.319 e. The van der Waals surface area contributed by atoms with Crippen molar-refractivity contribution in [3.63, 3.8) is 0 Å². The number of rotatable bonds is 5. The van der Waals surface area contributed by atoms with Crippen LogP contribution < -0.4 is 20.4 Å². The van der Waals surface area contributed by atoms with E-state index < -0.39 is 50.5 Å². The summed E-state index contributed by atoms with van der Waals surface area (Å²) in [7, 11) is -3.32. The molecular formula is C23H24ClF3N4O4S. The predicted octanol–water partition coefficient (Wildman–Crippen LogP) is 3.70. The lowest BCUT2D eigenvalue weighted by Crippen LogP contribution is -2.53. The number of sulfone groups is 1. The first-order valence-electron chi connectivity index (χ1n) is 11.2. The average Bonchev–Trinajstić information content (AvgIpc) is 3.30. The Morgan fingerprint density at radius 1 is 1.06 bits per heavy atom. The fourth-order valence-electron chi connectivity index (χ4n) is 4.43. The van der Waals surface area contributed by atoms with E-state index in [0.29, 0.717) is 12.8 Å². The molecule has 2 saturated heterocycles. The van der Waals surface area contributed by atoms with Gasteiger partial charge in [0.15, 0.2) is 21.5 Å². The molecular weight excluding hydrogens is 521 g/mol. The highest BCUT2D eigenvalue weighted by atomic mass is 35.5. The summed E-state index contributed by atoms with van der Waals surface area (Å²) in [5.41, 5.74) is -0.498. The molecule has 2 atom stereocenters. The second kappa shape index (κ2) is 10.2. The van der Waals surface area contributed by atoms with Gasteiger partial charge in [0.05, 0.1) is 22.3 Å². The molecule has 194 valence electrons. The van der Waals surface area contributed by atoms with Crippen molar-refractivity contribution < 1.29 is 31.2 Å². The van der Waals surface area contributed by atoms with Crippen LogP contribution in [0.3, 0.4) is 0 Å². The lowest BCUT2D eigenvalue weighted by Gasteiger charge is -2.33. The molecule has 0 bridgehead atoms. The molecule has 1 unspecified atom stereocenters. The van der Waals surface area contributed by atoms with E-state index >= 15 is 8.78 Å². The normalized spacial score (nSPS) is 20.5. The van der Waals surface area contributed by atoms with Crippen molar-refractivity contribution in [2.45, 2.75) is 30.6 Å². The maximum absolute atomic E-state index is 15.1. The Morgan fingerprint density at radius 3 is 2.42 bits per heavy atom. The van der Waals surface area contributed by atoms with E-state index in [2.05, 4.69) is 10.6 Å². The summed E-state index contributed by atoms with van der Waals surface area (Å²) in [5.74, 6) is -3.82. The van der Waals surface area contributed by atoms with Crippen LogP contribution in [-0.4, -0.2) is 57.5 Å². The maximum Gasteiger partial charge on any atom is 0.319 e. The highest BCUT2D eigenvalue weighted by Crippen LogP contribution is 2.33. The number of urea groups is 1. The van der Waals surface area contributed by atoms with Crippen molar-refractivity contribution in [1.29, 1.82) is 0 Å². The van der Waals surface area contributed by atoms with E-state index in [1.54, 1.807) is 0 Å². The van der Waals surface area contributed by atoms with Crippen molar-refractivity contribution in [3.8, 4) is 0 Å². The molecule has 2 fully saturated rings. The van der Waals surface area contributed by atoms with Gasteiger partial charge in [-0.15, -0.1) is 0 Å². The van der Waals surface area contributed by atoms with E-state index in [1.165, 1.54) is 29.2 Å². The molecule has 36 heavy (non-hydrogen) atoms. The fourth-order valence-corrected chi connectivity index (χ4v) is 5.58. The standard InChI is InChI=1S/C23H24ClF3N4O4S/c1-36(34,35)14-8-10-30(12-14)18-6-7-19(21(27)20(18)26)31-9-2-3-17(22(31)32)29-23(33)28-16-5-4-13(24)11-15(16)25/h4-7,11,14,17H,2-3,8-10,12H2,1H3,(H2,28,29,33)/t14?,17-/m1/s1. The van der Waals surface area contributed by atoms with Crippen molar-refractivity contribution in [3.05, 3.63) is 52.8 Å². The van der Waals surface area contributed by atoms with E-state index in [1.807, 2.05) is 0 Å². The minimum absolute atomic E-state index is 0.0481. The number of nitrogens with one attached hydrogen (secondary N) is 2. The molecule has 2 aliphatic rings.